The first-order valence-electron chi connectivity index (χ1n) is 8.52. The van der Waals surface area contributed by atoms with Crippen molar-refractivity contribution in [1.82, 2.24) is 9.97 Å². The number of benzene rings is 2. The van der Waals surface area contributed by atoms with Gasteiger partial charge in [-0.2, -0.15) is 0 Å². The predicted molar refractivity (Wildman–Crippen MR) is 132 cm³/mol. The maximum absolute atomic E-state index is 12.0. The van der Waals surface area contributed by atoms with Crippen molar-refractivity contribution in [1.29, 1.82) is 0 Å². The van der Waals surface area contributed by atoms with Crippen LogP contribution >= 0.6 is 43.6 Å². The van der Waals surface area contributed by atoms with Crippen LogP contribution in [0.15, 0.2) is 126 Å². The van der Waals surface area contributed by atoms with Gasteiger partial charge in [-0.05, 0) is 68.3 Å². The van der Waals surface area contributed by atoms with Crippen LogP contribution in [0.4, 0.5) is 0 Å². The standard InChI is InChI=1S/C11H8BrNOS.C11H8BrNS.CH4/c12-9-6-11(8-13-7-9)15(14)10-4-2-1-3-5-10;12-9-6-11(8-13-7-9)14-10-4-2-1-3-5-10;/h1-8H;1-8H;1H4. The van der Waals surface area contributed by atoms with Crippen LogP contribution in [-0.2, 0) is 10.8 Å². The Kier molecular flexibility index (Phi) is 10.4. The lowest BCUT2D eigenvalue weighted by molar-refractivity contribution is 0.682. The Morgan fingerprint density at radius 2 is 1.23 bits per heavy atom. The van der Waals surface area contributed by atoms with Crippen LogP contribution < -0.4 is 0 Å². The van der Waals surface area contributed by atoms with Crippen LogP contribution in [0.5, 0.6) is 0 Å². The smallest absolute Gasteiger partial charge is 0.0865 e. The molecule has 1 atom stereocenters. The second-order valence-corrected chi connectivity index (χ2v) is 10.1. The van der Waals surface area contributed by atoms with E-state index < -0.39 is 10.8 Å². The quantitative estimate of drug-likeness (QED) is 0.256. The molecule has 4 rings (SSSR count). The van der Waals surface area contributed by atoms with Gasteiger partial charge in [0.25, 0.3) is 0 Å². The van der Waals surface area contributed by atoms with Gasteiger partial charge in [0, 0.05) is 48.4 Å². The molecule has 0 aliphatic rings. The molecule has 154 valence electrons. The Balaban J connectivity index is 0.000000207. The van der Waals surface area contributed by atoms with Gasteiger partial charge in [0.05, 0.1) is 15.7 Å². The summed E-state index contributed by atoms with van der Waals surface area (Å²) in [5, 5.41) is 0. The summed E-state index contributed by atoms with van der Waals surface area (Å²) in [6.07, 6.45) is 6.94. The number of hydrogen-bond acceptors (Lipinski definition) is 4. The van der Waals surface area contributed by atoms with Crippen molar-refractivity contribution in [3.05, 3.63) is 107 Å². The summed E-state index contributed by atoms with van der Waals surface area (Å²) < 4.78 is 13.9. The maximum Gasteiger partial charge on any atom is 0.0865 e. The zero-order valence-corrected chi connectivity index (χ0v) is 19.9. The monoisotopic (exact) mass is 562 g/mol. The third-order valence-electron chi connectivity index (χ3n) is 3.51. The topological polar surface area (TPSA) is 42.9 Å². The summed E-state index contributed by atoms with van der Waals surface area (Å²) >= 11 is 8.41. The Bertz CT molecular complexity index is 1080. The van der Waals surface area contributed by atoms with E-state index in [0.29, 0.717) is 4.90 Å². The van der Waals surface area contributed by atoms with E-state index in [1.807, 2.05) is 60.8 Å². The first-order valence-corrected chi connectivity index (χ1v) is 12.1. The van der Waals surface area contributed by atoms with E-state index in [0.717, 1.165) is 18.7 Å². The third-order valence-corrected chi connectivity index (χ3v) is 6.70. The highest BCUT2D eigenvalue weighted by Gasteiger charge is 2.06. The molecular weight excluding hydrogens is 544 g/mol. The number of pyridine rings is 2. The van der Waals surface area contributed by atoms with E-state index in [9.17, 15) is 4.21 Å². The fourth-order valence-corrected chi connectivity index (χ4v) is 5.21. The molecule has 7 heteroatoms. The van der Waals surface area contributed by atoms with Crippen molar-refractivity contribution in [2.24, 2.45) is 0 Å². The molecule has 0 aliphatic heterocycles. The summed E-state index contributed by atoms with van der Waals surface area (Å²) in [6, 6.07) is 23.5. The van der Waals surface area contributed by atoms with Gasteiger partial charge >= 0.3 is 0 Å². The van der Waals surface area contributed by atoms with Gasteiger partial charge in [0.15, 0.2) is 0 Å². The average molecular weight is 564 g/mol. The van der Waals surface area contributed by atoms with Crippen molar-refractivity contribution in [3.8, 4) is 0 Å². The van der Waals surface area contributed by atoms with E-state index in [1.165, 1.54) is 4.90 Å². The lowest BCUT2D eigenvalue weighted by Crippen LogP contribution is -1.93. The van der Waals surface area contributed by atoms with Crippen molar-refractivity contribution < 1.29 is 4.21 Å². The highest BCUT2D eigenvalue weighted by atomic mass is 79.9. The fourth-order valence-electron chi connectivity index (χ4n) is 2.25. The van der Waals surface area contributed by atoms with E-state index in [-0.39, 0.29) is 7.43 Å². The lowest BCUT2D eigenvalue weighted by Gasteiger charge is -2.01. The number of nitrogens with zero attached hydrogens (tertiary/aromatic N) is 2. The van der Waals surface area contributed by atoms with Gasteiger partial charge < -0.3 is 0 Å². The highest BCUT2D eigenvalue weighted by Crippen LogP contribution is 2.28. The largest absolute Gasteiger partial charge is 0.262 e. The Morgan fingerprint density at radius 3 is 1.83 bits per heavy atom. The van der Waals surface area contributed by atoms with E-state index >= 15 is 0 Å². The third kappa shape index (κ3) is 7.80. The fraction of sp³-hybridized carbons (Fsp3) is 0.0435. The van der Waals surface area contributed by atoms with Gasteiger partial charge in [-0.15, -0.1) is 0 Å². The van der Waals surface area contributed by atoms with Gasteiger partial charge in [0.2, 0.25) is 0 Å². The minimum atomic E-state index is -1.15. The van der Waals surface area contributed by atoms with E-state index in [4.69, 9.17) is 0 Å². The van der Waals surface area contributed by atoms with Crippen LogP contribution in [0.25, 0.3) is 0 Å². The molecule has 0 saturated heterocycles. The molecule has 0 N–H and O–H groups in total. The molecule has 0 amide bonds. The van der Waals surface area contributed by atoms with Crippen LogP contribution in [0.3, 0.4) is 0 Å². The number of hydrogen-bond donors (Lipinski definition) is 0. The minimum absolute atomic E-state index is 0. The van der Waals surface area contributed by atoms with Crippen LogP contribution in [0.1, 0.15) is 7.43 Å². The molecule has 0 spiro atoms. The first-order chi connectivity index (χ1) is 14.1. The molecule has 0 saturated carbocycles. The Morgan fingerprint density at radius 1 is 0.667 bits per heavy atom. The van der Waals surface area contributed by atoms with Crippen molar-refractivity contribution in [2.45, 2.75) is 27.0 Å². The Labute approximate surface area is 201 Å². The molecule has 1 unspecified atom stereocenters. The first kappa shape index (κ1) is 24.5. The molecule has 2 aromatic heterocycles. The summed E-state index contributed by atoms with van der Waals surface area (Å²) in [4.78, 5) is 12.0. The van der Waals surface area contributed by atoms with Crippen molar-refractivity contribution >= 4 is 54.4 Å². The van der Waals surface area contributed by atoms with Gasteiger partial charge in [0.1, 0.15) is 0 Å². The zero-order valence-electron chi connectivity index (χ0n) is 15.1. The van der Waals surface area contributed by atoms with Gasteiger partial charge in [-0.25, -0.2) is 4.21 Å². The lowest BCUT2D eigenvalue weighted by atomic mass is 10.4. The summed E-state index contributed by atoms with van der Waals surface area (Å²) in [5.74, 6) is 0. The maximum atomic E-state index is 12.0. The second-order valence-electron chi connectivity index (χ2n) is 5.67. The van der Waals surface area contributed by atoms with Crippen LogP contribution in [-0.4, -0.2) is 14.2 Å². The number of halogens is 2. The molecule has 3 nitrogen and oxygen atoms in total. The molecule has 0 radical (unpaired) electrons. The molecule has 0 aliphatic carbocycles. The summed E-state index contributed by atoms with van der Waals surface area (Å²) in [6.45, 7) is 0. The number of rotatable bonds is 4. The second kappa shape index (κ2) is 12.8. The van der Waals surface area contributed by atoms with Gasteiger partial charge in [-0.1, -0.05) is 55.6 Å². The van der Waals surface area contributed by atoms with Crippen molar-refractivity contribution in [3.63, 3.8) is 0 Å². The van der Waals surface area contributed by atoms with E-state index in [2.05, 4.69) is 60.0 Å². The SMILES string of the molecule is Brc1cncc(Sc2ccccc2)c1.C.O=S(c1ccccc1)c1cncc(Br)c1. The Hall–Kier alpha value is -1.80. The summed E-state index contributed by atoms with van der Waals surface area (Å²) in [5.41, 5.74) is 0. The number of aromatic nitrogens is 2. The van der Waals surface area contributed by atoms with E-state index in [1.54, 1.807) is 30.4 Å². The van der Waals surface area contributed by atoms with Crippen LogP contribution in [0, 0.1) is 0 Å². The van der Waals surface area contributed by atoms with Gasteiger partial charge in [-0.3, -0.25) is 9.97 Å². The molecule has 4 aromatic rings. The highest BCUT2D eigenvalue weighted by molar-refractivity contribution is 9.10. The predicted octanol–water partition coefficient (Wildman–Crippen LogP) is 7.64. The molecule has 0 bridgehead atoms. The molecular formula is C23H20Br2N2OS2. The normalized spacial score (nSPS) is 10.9. The molecule has 30 heavy (non-hydrogen) atoms. The zero-order chi connectivity index (χ0) is 20.5. The van der Waals surface area contributed by atoms with Crippen molar-refractivity contribution in [2.75, 3.05) is 0 Å². The van der Waals surface area contributed by atoms with Crippen LogP contribution in [0.2, 0.25) is 0 Å². The molecule has 0 fully saturated rings. The molecule has 2 heterocycles. The summed E-state index contributed by atoms with van der Waals surface area (Å²) in [7, 11) is -1.15. The average Bonchev–Trinajstić information content (AvgIpc) is 2.75. The minimum Gasteiger partial charge on any atom is -0.262 e. The molecule has 2 aromatic carbocycles.